The van der Waals surface area contributed by atoms with Crippen LogP contribution in [0.5, 0.6) is 0 Å². The van der Waals surface area contributed by atoms with Gasteiger partial charge in [-0.15, -0.1) is 0 Å². The van der Waals surface area contributed by atoms with Gasteiger partial charge in [0.15, 0.2) is 0 Å². The highest BCUT2D eigenvalue weighted by Gasteiger charge is 2.19. The third-order valence-corrected chi connectivity index (χ3v) is 6.64. The zero-order valence-corrected chi connectivity index (χ0v) is 19.2. The summed E-state index contributed by atoms with van der Waals surface area (Å²) in [7, 11) is 0. The number of nitrogens with zero attached hydrogens (tertiary/aromatic N) is 3. The zero-order valence-electron chi connectivity index (χ0n) is 19.2. The van der Waals surface area contributed by atoms with Crippen LogP contribution in [-0.4, -0.2) is 15.6 Å². The molecule has 0 bridgehead atoms. The Morgan fingerprint density at radius 1 is 0.765 bits per heavy atom. The summed E-state index contributed by atoms with van der Waals surface area (Å²) in [6.07, 6.45) is 6.22. The number of hydrogen-bond acceptors (Lipinski definition) is 3. The first-order chi connectivity index (χ1) is 16.8. The van der Waals surface area contributed by atoms with Gasteiger partial charge in [-0.3, -0.25) is 4.99 Å². The van der Waals surface area contributed by atoms with E-state index in [0.29, 0.717) is 6.04 Å². The highest BCUT2D eigenvalue weighted by atomic mass is 15.0. The van der Waals surface area contributed by atoms with Gasteiger partial charge in [-0.05, 0) is 61.4 Å². The molecule has 1 saturated carbocycles. The highest BCUT2D eigenvalue weighted by molar-refractivity contribution is 5.88. The van der Waals surface area contributed by atoms with Crippen LogP contribution >= 0.6 is 0 Å². The van der Waals surface area contributed by atoms with Crippen molar-refractivity contribution >= 4 is 22.4 Å². The number of para-hydroxylation sites is 4. The molecular weight excluding hydrogens is 416 g/mol. The summed E-state index contributed by atoms with van der Waals surface area (Å²) in [6, 6.07) is 34.0. The fourth-order valence-corrected chi connectivity index (χ4v) is 5.01. The molecule has 3 aromatic carbocycles. The van der Waals surface area contributed by atoms with Gasteiger partial charge in [0.1, 0.15) is 5.69 Å². The number of rotatable bonds is 4. The molecule has 1 N–H and O–H groups in total. The zero-order chi connectivity index (χ0) is 22.7. The lowest BCUT2D eigenvalue weighted by Crippen LogP contribution is -2.18. The van der Waals surface area contributed by atoms with E-state index >= 15 is 0 Å². The minimum Gasteiger partial charge on any atom is -0.354 e. The largest absolute Gasteiger partial charge is 0.354 e. The number of anilines is 2. The maximum atomic E-state index is 5.20. The maximum absolute atomic E-state index is 5.20. The molecule has 0 amide bonds. The summed E-state index contributed by atoms with van der Waals surface area (Å²) in [5, 5.41) is 4.65. The van der Waals surface area contributed by atoms with Crippen LogP contribution < -0.4 is 10.7 Å². The van der Waals surface area contributed by atoms with Crippen LogP contribution in [0.3, 0.4) is 0 Å². The van der Waals surface area contributed by atoms with Crippen LogP contribution in [0.2, 0.25) is 0 Å². The third-order valence-electron chi connectivity index (χ3n) is 6.64. The molecule has 0 radical (unpaired) electrons. The molecule has 0 saturated heterocycles. The van der Waals surface area contributed by atoms with Gasteiger partial charge < -0.3 is 9.88 Å². The Balaban J connectivity index is 1.64. The number of fused-ring (bicyclic) bond motifs is 2. The van der Waals surface area contributed by atoms with Crippen molar-refractivity contribution in [2.24, 2.45) is 4.99 Å². The average Bonchev–Trinajstić information content (AvgIpc) is 2.89. The fourth-order valence-electron chi connectivity index (χ4n) is 5.01. The second-order valence-corrected chi connectivity index (χ2v) is 9.04. The summed E-state index contributed by atoms with van der Waals surface area (Å²) in [6.45, 7) is 0. The van der Waals surface area contributed by atoms with Crippen LogP contribution in [-0.2, 0) is 0 Å². The molecule has 6 rings (SSSR count). The molecule has 3 aliphatic rings. The van der Waals surface area contributed by atoms with E-state index in [-0.39, 0.29) is 0 Å². The first kappa shape index (κ1) is 20.7. The quantitative estimate of drug-likeness (QED) is 0.300. The Morgan fingerprint density at radius 2 is 1.47 bits per heavy atom. The molecule has 168 valence electrons. The van der Waals surface area contributed by atoms with E-state index < -0.39 is 0 Å². The van der Waals surface area contributed by atoms with E-state index in [2.05, 4.69) is 82.7 Å². The molecule has 3 aromatic rings. The molecule has 0 aromatic heterocycles. The molecule has 1 fully saturated rings. The van der Waals surface area contributed by atoms with E-state index in [1.807, 2.05) is 24.3 Å². The lowest BCUT2D eigenvalue weighted by Gasteiger charge is -2.22. The SMILES string of the molecule is c1ccc(Nc2c/c(=N/C3CCCCC3)cc3n(-c4ccccc4)c4ccccc4nc2-3)cc1. The van der Waals surface area contributed by atoms with Crippen LogP contribution in [0.25, 0.3) is 28.1 Å². The normalized spacial score (nSPS) is 15.1. The summed E-state index contributed by atoms with van der Waals surface area (Å²) in [4.78, 5) is 10.3. The van der Waals surface area contributed by atoms with Crippen molar-refractivity contribution in [1.29, 1.82) is 0 Å². The lowest BCUT2D eigenvalue weighted by molar-refractivity contribution is 0.437. The van der Waals surface area contributed by atoms with Gasteiger partial charge in [0.05, 0.1) is 33.8 Å². The minimum atomic E-state index is 0.398. The van der Waals surface area contributed by atoms with E-state index in [0.717, 1.165) is 44.8 Å². The first-order valence-electron chi connectivity index (χ1n) is 12.2. The molecule has 1 heterocycles. The van der Waals surface area contributed by atoms with Crippen molar-refractivity contribution in [1.82, 2.24) is 9.55 Å². The van der Waals surface area contributed by atoms with E-state index in [9.17, 15) is 0 Å². The van der Waals surface area contributed by atoms with Crippen molar-refractivity contribution in [3.05, 3.63) is 102 Å². The number of hydrogen-bond donors (Lipinski definition) is 1. The standard InChI is InChI=1S/C30H28N4/c1-4-12-22(13-5-1)31-24-20-27(32-23-14-6-2-7-15-23)30-29(21-24)34(25-16-8-3-9-17-25)28-19-11-10-18-26(28)33-30/h2-3,6-11,14-22,32H,1,4-5,12-13H2/b31-24-. The van der Waals surface area contributed by atoms with Gasteiger partial charge in [0.2, 0.25) is 0 Å². The van der Waals surface area contributed by atoms with Gasteiger partial charge in [0, 0.05) is 11.4 Å². The second kappa shape index (κ2) is 9.14. The third kappa shape index (κ3) is 4.08. The van der Waals surface area contributed by atoms with Crippen LogP contribution in [0.1, 0.15) is 32.1 Å². The highest BCUT2D eigenvalue weighted by Crippen LogP contribution is 2.34. The molecular formula is C30H28N4. The smallest absolute Gasteiger partial charge is 0.111 e. The topological polar surface area (TPSA) is 42.2 Å². The van der Waals surface area contributed by atoms with Gasteiger partial charge >= 0.3 is 0 Å². The number of nitrogens with one attached hydrogen (secondary N) is 1. The summed E-state index contributed by atoms with van der Waals surface area (Å²) in [5.41, 5.74) is 7.18. The monoisotopic (exact) mass is 444 g/mol. The molecule has 4 heteroatoms. The van der Waals surface area contributed by atoms with Gasteiger partial charge in [0.25, 0.3) is 0 Å². The summed E-state index contributed by atoms with van der Waals surface area (Å²) >= 11 is 0. The molecule has 4 nitrogen and oxygen atoms in total. The van der Waals surface area contributed by atoms with Gasteiger partial charge in [-0.25, -0.2) is 4.98 Å². The van der Waals surface area contributed by atoms with Crippen LogP contribution in [0, 0.1) is 0 Å². The summed E-state index contributed by atoms with van der Waals surface area (Å²) < 4.78 is 2.31. The van der Waals surface area contributed by atoms with Crippen LogP contribution in [0.4, 0.5) is 11.4 Å². The molecule has 1 aliphatic heterocycles. The predicted octanol–water partition coefficient (Wildman–Crippen LogP) is 7.11. The fraction of sp³-hybridized carbons (Fsp3) is 0.200. The van der Waals surface area contributed by atoms with Crippen molar-refractivity contribution in [3.63, 3.8) is 0 Å². The van der Waals surface area contributed by atoms with Crippen molar-refractivity contribution in [2.75, 3.05) is 5.32 Å². The second-order valence-electron chi connectivity index (χ2n) is 9.04. The van der Waals surface area contributed by atoms with E-state index in [1.165, 1.54) is 32.1 Å². The molecule has 34 heavy (non-hydrogen) atoms. The van der Waals surface area contributed by atoms with Crippen molar-refractivity contribution in [3.8, 4) is 17.1 Å². The lowest BCUT2D eigenvalue weighted by atomic mass is 9.96. The van der Waals surface area contributed by atoms with E-state index in [1.54, 1.807) is 0 Å². The number of aromatic nitrogens is 2. The van der Waals surface area contributed by atoms with Gasteiger partial charge in [-0.2, -0.15) is 0 Å². The minimum absolute atomic E-state index is 0.398. The molecule has 0 unspecified atom stereocenters. The molecule has 2 aliphatic carbocycles. The Labute approximate surface area is 200 Å². The van der Waals surface area contributed by atoms with Crippen molar-refractivity contribution in [2.45, 2.75) is 38.1 Å². The maximum Gasteiger partial charge on any atom is 0.111 e. The molecule has 0 atom stereocenters. The van der Waals surface area contributed by atoms with E-state index in [4.69, 9.17) is 9.98 Å². The number of benzene rings is 4. The van der Waals surface area contributed by atoms with Crippen molar-refractivity contribution < 1.29 is 0 Å². The first-order valence-corrected chi connectivity index (χ1v) is 12.2. The van der Waals surface area contributed by atoms with Crippen LogP contribution in [0.15, 0.2) is 102 Å². The Kier molecular flexibility index (Phi) is 5.56. The summed E-state index contributed by atoms with van der Waals surface area (Å²) in [5.74, 6) is 0. The average molecular weight is 445 g/mol. The Hall–Kier alpha value is -3.92. The molecule has 0 spiro atoms. The van der Waals surface area contributed by atoms with Gasteiger partial charge in [-0.1, -0.05) is 67.8 Å². The predicted molar refractivity (Wildman–Crippen MR) is 140 cm³/mol. The Bertz CT molecular complexity index is 1450. The Morgan fingerprint density at radius 3 is 2.26 bits per heavy atom.